The van der Waals surface area contributed by atoms with Gasteiger partial charge < -0.3 is 15.2 Å². The van der Waals surface area contributed by atoms with E-state index < -0.39 is 6.29 Å². The van der Waals surface area contributed by atoms with E-state index in [1.165, 1.54) is 6.07 Å². The fraction of sp³-hybridized carbons (Fsp3) is 0.538. The third-order valence-corrected chi connectivity index (χ3v) is 2.75. The Labute approximate surface area is 105 Å². The summed E-state index contributed by atoms with van der Waals surface area (Å²) in [7, 11) is 0. The molecule has 0 spiro atoms. The first kappa shape index (κ1) is 13.1. The number of nitrogens with two attached hydrogens (primary N) is 1. The highest BCUT2D eigenvalue weighted by Gasteiger charge is 2.43. The number of hydrogen-bond donors (Lipinski definition) is 1. The molecule has 1 aromatic rings. The Balaban J connectivity index is 1.97. The minimum absolute atomic E-state index is 0.0860. The highest BCUT2D eigenvalue weighted by atomic mass is 19.3. The molecule has 0 radical (unpaired) electrons. The van der Waals surface area contributed by atoms with E-state index in [2.05, 4.69) is 9.47 Å². The van der Waals surface area contributed by atoms with Crippen molar-refractivity contribution in [2.75, 3.05) is 0 Å². The summed E-state index contributed by atoms with van der Waals surface area (Å²) in [6.07, 6.45) is -0.986. The predicted molar refractivity (Wildman–Crippen MR) is 63.8 cm³/mol. The van der Waals surface area contributed by atoms with Crippen molar-refractivity contribution in [2.24, 2.45) is 5.73 Å². The van der Waals surface area contributed by atoms with Gasteiger partial charge in [0.05, 0.1) is 0 Å². The van der Waals surface area contributed by atoms with Crippen molar-refractivity contribution in [1.29, 1.82) is 0 Å². The normalized spacial score (nSPS) is 16.9. The summed E-state index contributed by atoms with van der Waals surface area (Å²) in [5, 5.41) is 0. The van der Waals surface area contributed by atoms with Gasteiger partial charge in [0.1, 0.15) is 0 Å². The van der Waals surface area contributed by atoms with E-state index in [-0.39, 0.29) is 17.0 Å². The van der Waals surface area contributed by atoms with Gasteiger partial charge in [-0.3, -0.25) is 0 Å². The fourth-order valence-electron chi connectivity index (χ4n) is 1.90. The fourth-order valence-corrected chi connectivity index (χ4v) is 1.90. The van der Waals surface area contributed by atoms with Crippen molar-refractivity contribution < 1.29 is 18.3 Å². The summed E-state index contributed by atoms with van der Waals surface area (Å²) in [6.45, 7) is 3.93. The molecular formula is C13H17F2NO2. The molecule has 5 heteroatoms. The van der Waals surface area contributed by atoms with Crippen LogP contribution < -0.4 is 15.2 Å². The van der Waals surface area contributed by atoms with Crippen molar-refractivity contribution in [3.63, 3.8) is 0 Å². The zero-order chi connectivity index (χ0) is 13.4. The maximum absolute atomic E-state index is 12.8. The molecule has 1 aromatic carbocycles. The largest absolute Gasteiger partial charge is 0.586 e. The quantitative estimate of drug-likeness (QED) is 0.901. The van der Waals surface area contributed by atoms with Gasteiger partial charge >= 0.3 is 6.29 Å². The van der Waals surface area contributed by atoms with E-state index >= 15 is 0 Å². The van der Waals surface area contributed by atoms with Crippen LogP contribution in [0.4, 0.5) is 8.78 Å². The third kappa shape index (κ3) is 3.32. The molecule has 2 N–H and O–H groups in total. The van der Waals surface area contributed by atoms with Crippen LogP contribution in [0.15, 0.2) is 18.2 Å². The Morgan fingerprint density at radius 3 is 2.56 bits per heavy atom. The lowest BCUT2D eigenvalue weighted by atomic mass is 9.97. The smallest absolute Gasteiger partial charge is 0.395 e. The summed E-state index contributed by atoms with van der Waals surface area (Å²) in [5.74, 6) is 0.187. The minimum Gasteiger partial charge on any atom is -0.395 e. The Morgan fingerprint density at radius 2 is 1.89 bits per heavy atom. The molecule has 0 aliphatic carbocycles. The molecule has 0 unspecified atom stereocenters. The molecule has 1 aliphatic rings. The van der Waals surface area contributed by atoms with E-state index in [0.29, 0.717) is 0 Å². The number of rotatable bonds is 4. The van der Waals surface area contributed by atoms with Crippen molar-refractivity contribution in [1.82, 2.24) is 0 Å². The first-order chi connectivity index (χ1) is 8.25. The van der Waals surface area contributed by atoms with Crippen LogP contribution in [0, 0.1) is 0 Å². The second kappa shape index (κ2) is 4.39. The Bertz CT molecular complexity index is 441. The highest BCUT2D eigenvalue weighted by Crippen LogP contribution is 2.41. The summed E-state index contributed by atoms with van der Waals surface area (Å²) in [5.41, 5.74) is 6.62. The molecule has 0 aromatic heterocycles. The summed E-state index contributed by atoms with van der Waals surface area (Å²) in [4.78, 5) is 0. The maximum Gasteiger partial charge on any atom is 0.586 e. The van der Waals surface area contributed by atoms with Crippen molar-refractivity contribution in [3.05, 3.63) is 23.8 Å². The van der Waals surface area contributed by atoms with Gasteiger partial charge in [0.15, 0.2) is 11.5 Å². The van der Waals surface area contributed by atoms with Crippen LogP contribution in [0.5, 0.6) is 11.5 Å². The zero-order valence-corrected chi connectivity index (χ0v) is 10.5. The lowest BCUT2D eigenvalue weighted by molar-refractivity contribution is -0.286. The van der Waals surface area contributed by atoms with E-state index in [9.17, 15) is 8.78 Å². The molecule has 0 bridgehead atoms. The first-order valence-electron chi connectivity index (χ1n) is 5.93. The average molecular weight is 257 g/mol. The van der Waals surface area contributed by atoms with Crippen molar-refractivity contribution in [2.45, 2.75) is 44.9 Å². The molecular weight excluding hydrogens is 240 g/mol. The number of hydrogen-bond acceptors (Lipinski definition) is 3. The number of alkyl halides is 2. The van der Waals surface area contributed by atoms with Gasteiger partial charge in [0.25, 0.3) is 0 Å². The van der Waals surface area contributed by atoms with Crippen LogP contribution in [-0.2, 0) is 6.42 Å². The molecule has 0 saturated heterocycles. The average Bonchev–Trinajstić information content (AvgIpc) is 2.49. The predicted octanol–water partition coefficient (Wildman–Crippen LogP) is 3.07. The van der Waals surface area contributed by atoms with E-state index in [1.54, 1.807) is 12.1 Å². The number of fused-ring (bicyclic) bond motifs is 1. The van der Waals surface area contributed by atoms with Crippen LogP contribution in [0.1, 0.15) is 32.3 Å². The van der Waals surface area contributed by atoms with Crippen LogP contribution in [0.2, 0.25) is 0 Å². The number of benzene rings is 1. The summed E-state index contributed by atoms with van der Waals surface area (Å²) < 4.78 is 34.4. The van der Waals surface area contributed by atoms with Gasteiger partial charge in [-0.25, -0.2) is 0 Å². The number of aryl methyl sites for hydroxylation is 1. The van der Waals surface area contributed by atoms with Gasteiger partial charge in [-0.05, 0) is 50.8 Å². The molecule has 100 valence electrons. The monoisotopic (exact) mass is 257 g/mol. The second-order valence-corrected chi connectivity index (χ2v) is 5.29. The van der Waals surface area contributed by atoms with E-state index in [4.69, 9.17) is 5.73 Å². The Hall–Kier alpha value is -1.36. The SMILES string of the molecule is CC(C)(N)CCCc1ccc2c(c1)OC(F)(F)O2. The van der Waals surface area contributed by atoms with Crippen LogP contribution in [0.3, 0.4) is 0 Å². The number of halogens is 2. The molecule has 0 saturated carbocycles. The molecule has 0 fully saturated rings. The van der Waals surface area contributed by atoms with Crippen LogP contribution in [-0.4, -0.2) is 11.8 Å². The Morgan fingerprint density at radius 1 is 1.22 bits per heavy atom. The van der Waals surface area contributed by atoms with Crippen LogP contribution in [0.25, 0.3) is 0 Å². The lowest BCUT2D eigenvalue weighted by Crippen LogP contribution is -2.31. The summed E-state index contributed by atoms with van der Waals surface area (Å²) in [6, 6.07) is 4.88. The first-order valence-corrected chi connectivity index (χ1v) is 5.93. The molecule has 1 heterocycles. The van der Waals surface area contributed by atoms with Gasteiger partial charge in [0.2, 0.25) is 0 Å². The van der Waals surface area contributed by atoms with E-state index in [0.717, 1.165) is 24.8 Å². The molecule has 0 atom stereocenters. The highest BCUT2D eigenvalue weighted by molar-refractivity contribution is 5.45. The van der Waals surface area contributed by atoms with E-state index in [1.807, 2.05) is 13.8 Å². The molecule has 3 nitrogen and oxygen atoms in total. The number of ether oxygens (including phenoxy) is 2. The topological polar surface area (TPSA) is 44.5 Å². The van der Waals surface area contributed by atoms with Gasteiger partial charge in [-0.2, -0.15) is 0 Å². The third-order valence-electron chi connectivity index (χ3n) is 2.75. The standard InChI is InChI=1S/C13H17F2NO2/c1-12(2,16)7-3-4-9-5-6-10-11(8-9)18-13(14,15)17-10/h5-6,8H,3-4,7,16H2,1-2H3. The van der Waals surface area contributed by atoms with Gasteiger partial charge in [-0.15, -0.1) is 8.78 Å². The molecule has 18 heavy (non-hydrogen) atoms. The molecule has 1 aliphatic heterocycles. The van der Waals surface area contributed by atoms with Crippen molar-refractivity contribution >= 4 is 0 Å². The Kier molecular flexibility index (Phi) is 3.19. The molecule has 0 amide bonds. The van der Waals surface area contributed by atoms with Gasteiger partial charge in [0, 0.05) is 5.54 Å². The van der Waals surface area contributed by atoms with Crippen molar-refractivity contribution in [3.8, 4) is 11.5 Å². The zero-order valence-electron chi connectivity index (χ0n) is 10.5. The second-order valence-electron chi connectivity index (χ2n) is 5.29. The molecule has 2 rings (SSSR count). The van der Waals surface area contributed by atoms with Gasteiger partial charge in [-0.1, -0.05) is 6.07 Å². The van der Waals surface area contributed by atoms with Crippen LogP contribution >= 0.6 is 0 Å². The summed E-state index contributed by atoms with van der Waals surface area (Å²) >= 11 is 0. The maximum atomic E-state index is 12.8. The minimum atomic E-state index is -3.54. The lowest BCUT2D eigenvalue weighted by Gasteiger charge is -2.17.